The Morgan fingerprint density at radius 2 is 1.56 bits per heavy atom. The lowest BCUT2D eigenvalue weighted by Gasteiger charge is -2.28. The molecular weight excluding hydrogens is 442 g/mol. The second-order valence-electron chi connectivity index (χ2n) is 10.6. The van der Waals surface area contributed by atoms with Crippen molar-refractivity contribution in [1.29, 1.82) is 0 Å². The van der Waals surface area contributed by atoms with E-state index in [-0.39, 0.29) is 0 Å². The van der Waals surface area contributed by atoms with Crippen LogP contribution in [-0.2, 0) is 17.9 Å². The maximum atomic E-state index is 6.14. The third-order valence-corrected chi connectivity index (χ3v) is 7.80. The van der Waals surface area contributed by atoms with Gasteiger partial charge in [-0.3, -0.25) is 0 Å². The molecule has 0 spiro atoms. The van der Waals surface area contributed by atoms with Gasteiger partial charge in [0.25, 0.3) is 0 Å². The van der Waals surface area contributed by atoms with Gasteiger partial charge in [-0.05, 0) is 85.5 Å². The fourth-order valence-corrected chi connectivity index (χ4v) is 5.53. The Balaban J connectivity index is 1.18. The fourth-order valence-electron chi connectivity index (χ4n) is 5.53. The molecule has 1 aromatic heterocycles. The summed E-state index contributed by atoms with van der Waals surface area (Å²) in [4.78, 5) is 0. The first-order chi connectivity index (χ1) is 17.7. The van der Waals surface area contributed by atoms with Crippen LogP contribution in [0.3, 0.4) is 0 Å². The standard InChI is InChI=1S/C33H45NO2/c1-3-4-6-10-28-14-16-30(17-15-28)25-35-24-9-23-34-27(2)13-22-33(34)31-18-20-32(21-19-31)36-26-29-11-7-5-8-12-29/h5,7-8,11-13,18-22,28,30H,3-4,6,9-10,14-17,23-26H2,1-2H3. The van der Waals surface area contributed by atoms with E-state index < -0.39 is 0 Å². The average molecular weight is 488 g/mol. The van der Waals surface area contributed by atoms with Crippen LogP contribution < -0.4 is 4.74 Å². The predicted molar refractivity (Wildman–Crippen MR) is 150 cm³/mol. The zero-order chi connectivity index (χ0) is 25.0. The van der Waals surface area contributed by atoms with E-state index >= 15 is 0 Å². The van der Waals surface area contributed by atoms with E-state index in [9.17, 15) is 0 Å². The Labute approximate surface area is 218 Å². The maximum absolute atomic E-state index is 6.14. The number of unbranched alkanes of at least 4 members (excludes halogenated alkanes) is 2. The third kappa shape index (κ3) is 8.00. The van der Waals surface area contributed by atoms with Crippen molar-refractivity contribution < 1.29 is 9.47 Å². The summed E-state index contributed by atoms with van der Waals surface area (Å²) in [6, 6.07) is 23.2. The first-order valence-corrected chi connectivity index (χ1v) is 14.2. The van der Waals surface area contributed by atoms with Crippen molar-refractivity contribution in [3.05, 3.63) is 78.0 Å². The van der Waals surface area contributed by atoms with Gasteiger partial charge < -0.3 is 14.0 Å². The molecule has 2 aromatic carbocycles. The molecule has 36 heavy (non-hydrogen) atoms. The molecule has 1 saturated carbocycles. The molecule has 3 heteroatoms. The quantitative estimate of drug-likeness (QED) is 0.212. The lowest BCUT2D eigenvalue weighted by Crippen LogP contribution is -2.19. The molecule has 0 saturated heterocycles. The second kappa shape index (κ2) is 14.3. The van der Waals surface area contributed by atoms with Crippen molar-refractivity contribution in [1.82, 2.24) is 4.57 Å². The van der Waals surface area contributed by atoms with Gasteiger partial charge in [-0.2, -0.15) is 0 Å². The smallest absolute Gasteiger partial charge is 0.119 e. The first-order valence-electron chi connectivity index (χ1n) is 14.2. The van der Waals surface area contributed by atoms with E-state index in [2.05, 4.69) is 66.9 Å². The largest absolute Gasteiger partial charge is 0.489 e. The molecule has 0 amide bonds. The van der Waals surface area contributed by atoms with Gasteiger partial charge in [-0.15, -0.1) is 0 Å². The highest BCUT2D eigenvalue weighted by Gasteiger charge is 2.20. The molecule has 0 N–H and O–H groups in total. The minimum absolute atomic E-state index is 0.593. The summed E-state index contributed by atoms with van der Waals surface area (Å²) < 4.78 is 14.5. The minimum Gasteiger partial charge on any atom is -0.489 e. The van der Waals surface area contributed by atoms with Crippen LogP contribution in [0.5, 0.6) is 5.75 Å². The number of benzene rings is 2. The summed E-state index contributed by atoms with van der Waals surface area (Å²) in [6.07, 6.45) is 12.2. The molecular formula is C33H45NO2. The Morgan fingerprint density at radius 3 is 2.31 bits per heavy atom. The Morgan fingerprint density at radius 1 is 0.806 bits per heavy atom. The zero-order valence-electron chi connectivity index (χ0n) is 22.5. The molecule has 0 atom stereocenters. The molecule has 1 aliphatic carbocycles. The molecule has 3 nitrogen and oxygen atoms in total. The molecule has 4 rings (SSSR count). The number of aromatic nitrogens is 1. The van der Waals surface area contributed by atoms with Crippen molar-refractivity contribution in [2.45, 2.75) is 84.8 Å². The summed E-state index contributed by atoms with van der Waals surface area (Å²) in [5.41, 5.74) is 4.98. The van der Waals surface area contributed by atoms with Crippen LogP contribution in [0.25, 0.3) is 11.3 Å². The second-order valence-corrected chi connectivity index (χ2v) is 10.6. The van der Waals surface area contributed by atoms with Crippen molar-refractivity contribution in [3.8, 4) is 17.0 Å². The number of hydrogen-bond acceptors (Lipinski definition) is 2. The Hall–Kier alpha value is -2.52. The minimum atomic E-state index is 0.593. The highest BCUT2D eigenvalue weighted by atomic mass is 16.5. The Bertz CT molecular complexity index is 1000. The molecule has 1 fully saturated rings. The molecule has 3 aromatic rings. The van der Waals surface area contributed by atoms with Crippen LogP contribution in [0.2, 0.25) is 0 Å². The van der Waals surface area contributed by atoms with Crippen LogP contribution in [0, 0.1) is 18.8 Å². The highest BCUT2D eigenvalue weighted by molar-refractivity contribution is 5.62. The van der Waals surface area contributed by atoms with Gasteiger partial charge in [-0.25, -0.2) is 0 Å². The molecule has 1 aliphatic rings. The van der Waals surface area contributed by atoms with E-state index in [1.54, 1.807) is 0 Å². The summed E-state index contributed by atoms with van der Waals surface area (Å²) in [6.45, 7) is 7.87. The van der Waals surface area contributed by atoms with Gasteiger partial charge in [0.15, 0.2) is 0 Å². The molecule has 0 unspecified atom stereocenters. The topological polar surface area (TPSA) is 23.4 Å². The van der Waals surface area contributed by atoms with Gasteiger partial charge in [0.2, 0.25) is 0 Å². The molecule has 1 heterocycles. The summed E-state index contributed by atoms with van der Waals surface area (Å²) in [7, 11) is 0. The van der Waals surface area contributed by atoms with E-state index in [4.69, 9.17) is 9.47 Å². The number of aryl methyl sites for hydroxylation is 1. The fraction of sp³-hybridized carbons (Fsp3) is 0.515. The SMILES string of the molecule is CCCCCC1CCC(COCCCn2c(C)ccc2-c2ccc(OCc3ccccc3)cc2)CC1. The van der Waals surface area contributed by atoms with E-state index in [0.29, 0.717) is 6.61 Å². The lowest BCUT2D eigenvalue weighted by atomic mass is 9.80. The number of ether oxygens (including phenoxy) is 2. The number of nitrogens with zero attached hydrogens (tertiary/aromatic N) is 1. The van der Waals surface area contributed by atoms with E-state index in [1.165, 1.54) is 73.9 Å². The van der Waals surface area contributed by atoms with Crippen molar-refractivity contribution >= 4 is 0 Å². The summed E-state index contributed by atoms with van der Waals surface area (Å²) in [5, 5.41) is 0. The van der Waals surface area contributed by atoms with Gasteiger partial charge in [0.1, 0.15) is 12.4 Å². The first kappa shape index (κ1) is 26.5. The summed E-state index contributed by atoms with van der Waals surface area (Å²) in [5.74, 6) is 2.66. The predicted octanol–water partition coefficient (Wildman–Crippen LogP) is 8.84. The Kier molecular flexibility index (Phi) is 10.5. The third-order valence-electron chi connectivity index (χ3n) is 7.80. The molecule has 0 aliphatic heterocycles. The van der Waals surface area contributed by atoms with Gasteiger partial charge in [-0.1, -0.05) is 75.8 Å². The highest BCUT2D eigenvalue weighted by Crippen LogP contribution is 2.32. The maximum Gasteiger partial charge on any atom is 0.119 e. The van der Waals surface area contributed by atoms with Crippen LogP contribution in [0.4, 0.5) is 0 Å². The molecule has 0 bridgehead atoms. The van der Waals surface area contributed by atoms with Gasteiger partial charge >= 0.3 is 0 Å². The lowest BCUT2D eigenvalue weighted by molar-refractivity contribution is 0.0735. The van der Waals surface area contributed by atoms with Crippen LogP contribution in [0.15, 0.2) is 66.7 Å². The van der Waals surface area contributed by atoms with Crippen LogP contribution >= 0.6 is 0 Å². The van der Waals surface area contributed by atoms with E-state index in [1.807, 2.05) is 18.2 Å². The molecule has 0 radical (unpaired) electrons. The average Bonchev–Trinajstić information content (AvgIpc) is 3.29. The van der Waals surface area contributed by atoms with Gasteiger partial charge in [0.05, 0.1) is 0 Å². The monoisotopic (exact) mass is 487 g/mol. The van der Waals surface area contributed by atoms with Crippen LogP contribution in [0.1, 0.15) is 76.0 Å². The van der Waals surface area contributed by atoms with Crippen molar-refractivity contribution in [3.63, 3.8) is 0 Å². The molecule has 194 valence electrons. The van der Waals surface area contributed by atoms with Crippen LogP contribution in [-0.4, -0.2) is 17.8 Å². The normalized spacial score (nSPS) is 17.8. The number of rotatable bonds is 14. The van der Waals surface area contributed by atoms with E-state index in [0.717, 1.165) is 43.8 Å². The summed E-state index contributed by atoms with van der Waals surface area (Å²) >= 11 is 0. The van der Waals surface area contributed by atoms with Gasteiger partial charge in [0, 0.05) is 31.1 Å². The number of hydrogen-bond donors (Lipinski definition) is 0. The van der Waals surface area contributed by atoms with Crippen molar-refractivity contribution in [2.75, 3.05) is 13.2 Å². The zero-order valence-corrected chi connectivity index (χ0v) is 22.5. The van der Waals surface area contributed by atoms with Crippen molar-refractivity contribution in [2.24, 2.45) is 11.8 Å².